The van der Waals surface area contributed by atoms with E-state index in [-0.39, 0.29) is 11.6 Å². The van der Waals surface area contributed by atoms with Gasteiger partial charge in [-0.05, 0) is 18.6 Å². The standard InChI is InChI=1S/C23H24FN7O3/c1-25-20-8-16(28-22-14(10-27-31(20)22)23(33)29-17-7-15(17)24)13-9-26-21-12(13)3-2-5-30(21)18-4-6-34-11-19(18)32/h2-3,5,8-10,15,17-19,25,32H,4,6-7,11H2,1H3,(H,29,33)/t15-,17+,18?,19-/m0/s1. The number of carbonyl (C=O) groups is 1. The lowest BCUT2D eigenvalue weighted by Gasteiger charge is -2.31. The minimum atomic E-state index is -0.995. The summed E-state index contributed by atoms with van der Waals surface area (Å²) < 4.78 is 22.2. The highest BCUT2D eigenvalue weighted by molar-refractivity contribution is 6.00. The van der Waals surface area contributed by atoms with Crippen LogP contribution in [0.5, 0.6) is 0 Å². The van der Waals surface area contributed by atoms with E-state index in [4.69, 9.17) is 9.72 Å². The normalized spacial score (nSPS) is 24.4. The molecule has 0 radical (unpaired) electrons. The van der Waals surface area contributed by atoms with Crippen LogP contribution < -0.4 is 10.6 Å². The number of aliphatic hydroxyl groups excluding tert-OH is 1. The second-order valence-corrected chi connectivity index (χ2v) is 8.72. The van der Waals surface area contributed by atoms with Crippen LogP contribution in [0.3, 0.4) is 0 Å². The Morgan fingerprint density at radius 3 is 2.94 bits per heavy atom. The monoisotopic (exact) mass is 465 g/mol. The average molecular weight is 465 g/mol. The number of rotatable bonds is 5. The van der Waals surface area contributed by atoms with Crippen molar-refractivity contribution in [2.24, 2.45) is 0 Å². The van der Waals surface area contributed by atoms with Crippen LogP contribution in [-0.2, 0) is 4.74 Å². The smallest absolute Gasteiger partial charge is 0.257 e. The average Bonchev–Trinajstić information content (AvgIpc) is 3.23. The quantitative estimate of drug-likeness (QED) is 0.412. The summed E-state index contributed by atoms with van der Waals surface area (Å²) >= 11 is 0. The molecule has 4 aliphatic rings. The number of alkyl halides is 1. The van der Waals surface area contributed by atoms with Gasteiger partial charge in [0.05, 0.1) is 36.7 Å². The highest BCUT2D eigenvalue weighted by Crippen LogP contribution is 2.37. The molecule has 10 nitrogen and oxygen atoms in total. The topological polar surface area (TPSA) is 119 Å². The lowest BCUT2D eigenvalue weighted by atomic mass is 10.0. The van der Waals surface area contributed by atoms with E-state index in [0.717, 1.165) is 17.0 Å². The maximum Gasteiger partial charge on any atom is 0.257 e. The van der Waals surface area contributed by atoms with Crippen molar-refractivity contribution in [2.45, 2.75) is 37.2 Å². The van der Waals surface area contributed by atoms with Crippen molar-refractivity contribution < 1.29 is 19.0 Å². The van der Waals surface area contributed by atoms with Gasteiger partial charge in [0.2, 0.25) is 0 Å². The van der Waals surface area contributed by atoms with E-state index in [1.165, 1.54) is 6.20 Å². The third-order valence-corrected chi connectivity index (χ3v) is 6.53. The van der Waals surface area contributed by atoms with Gasteiger partial charge in [-0.2, -0.15) is 9.61 Å². The third-order valence-electron chi connectivity index (χ3n) is 6.53. The first-order valence-corrected chi connectivity index (χ1v) is 11.3. The van der Waals surface area contributed by atoms with Crippen LogP contribution in [0.25, 0.3) is 28.3 Å². The molecule has 34 heavy (non-hydrogen) atoms. The Labute approximate surface area is 194 Å². The predicted octanol–water partition coefficient (Wildman–Crippen LogP) is 1.90. The lowest BCUT2D eigenvalue weighted by Crippen LogP contribution is -2.34. The van der Waals surface area contributed by atoms with Crippen LogP contribution in [0.15, 0.2) is 36.8 Å². The second kappa shape index (κ2) is 8.03. The Balaban J connectivity index is 1.41. The number of ether oxygens (including phenoxy) is 1. The number of hydrogen-bond donors (Lipinski definition) is 3. The van der Waals surface area contributed by atoms with Crippen molar-refractivity contribution in [2.75, 3.05) is 25.6 Å². The number of fused-ring (bicyclic) bond motifs is 2. The van der Waals surface area contributed by atoms with Crippen LogP contribution in [0, 0.1) is 0 Å². The van der Waals surface area contributed by atoms with Gasteiger partial charge in [0, 0.05) is 49.7 Å². The molecule has 3 N–H and O–H groups in total. The van der Waals surface area contributed by atoms with Crippen molar-refractivity contribution in [3.8, 4) is 22.6 Å². The molecule has 176 valence electrons. The zero-order valence-corrected chi connectivity index (χ0v) is 18.5. The van der Waals surface area contributed by atoms with E-state index in [0.29, 0.717) is 43.2 Å². The van der Waals surface area contributed by atoms with Crippen LogP contribution in [0.2, 0.25) is 0 Å². The van der Waals surface area contributed by atoms with Crippen LogP contribution in [0.1, 0.15) is 29.2 Å². The molecule has 2 aromatic heterocycles. The number of nitrogens with one attached hydrogen (secondary N) is 2. The van der Waals surface area contributed by atoms with E-state index in [9.17, 15) is 14.3 Å². The molecular weight excluding hydrogens is 441 g/mol. The number of amides is 1. The Morgan fingerprint density at radius 2 is 2.18 bits per heavy atom. The number of halogens is 1. The molecule has 1 aliphatic carbocycles. The fraction of sp³-hybridized carbons (Fsp3) is 0.391. The highest BCUT2D eigenvalue weighted by Gasteiger charge is 2.39. The fourth-order valence-electron chi connectivity index (χ4n) is 4.56. The zero-order valence-electron chi connectivity index (χ0n) is 18.5. The molecule has 1 unspecified atom stereocenters. The first-order chi connectivity index (χ1) is 16.5. The molecular formula is C23H24FN7O3. The number of hydrogen-bond acceptors (Lipinski definition) is 7. The molecule has 2 fully saturated rings. The summed E-state index contributed by atoms with van der Waals surface area (Å²) in [5, 5.41) is 20.6. The lowest BCUT2D eigenvalue weighted by molar-refractivity contribution is -0.0383. The molecule has 2 aromatic rings. The maximum atomic E-state index is 13.3. The van der Waals surface area contributed by atoms with Crippen molar-refractivity contribution in [3.63, 3.8) is 0 Å². The summed E-state index contributed by atoms with van der Waals surface area (Å²) in [5.41, 5.74) is 2.94. The summed E-state index contributed by atoms with van der Waals surface area (Å²) in [5.74, 6) is 0.987. The molecule has 0 bridgehead atoms. The summed E-state index contributed by atoms with van der Waals surface area (Å²) in [6.07, 6.45) is 4.53. The summed E-state index contributed by atoms with van der Waals surface area (Å²) in [4.78, 5) is 22.1. The minimum absolute atomic E-state index is 0.129. The minimum Gasteiger partial charge on any atom is -0.389 e. The molecule has 1 amide bonds. The maximum absolute atomic E-state index is 13.3. The second-order valence-electron chi connectivity index (χ2n) is 8.72. The van der Waals surface area contributed by atoms with Gasteiger partial charge in [-0.15, -0.1) is 0 Å². The first-order valence-electron chi connectivity index (χ1n) is 11.3. The predicted molar refractivity (Wildman–Crippen MR) is 122 cm³/mol. The van der Waals surface area contributed by atoms with Gasteiger partial charge >= 0.3 is 0 Å². The molecule has 5 heterocycles. The number of aliphatic hydroxyl groups is 1. The van der Waals surface area contributed by atoms with Gasteiger partial charge in [0.15, 0.2) is 5.65 Å². The van der Waals surface area contributed by atoms with Gasteiger partial charge in [0.25, 0.3) is 5.91 Å². The van der Waals surface area contributed by atoms with Crippen molar-refractivity contribution in [1.29, 1.82) is 0 Å². The molecule has 0 spiro atoms. The molecule has 4 atom stereocenters. The van der Waals surface area contributed by atoms with Gasteiger partial charge in [-0.25, -0.2) is 14.4 Å². The van der Waals surface area contributed by atoms with E-state index < -0.39 is 24.2 Å². The Kier molecular flexibility index (Phi) is 4.96. The van der Waals surface area contributed by atoms with E-state index >= 15 is 0 Å². The molecule has 0 aromatic carbocycles. The van der Waals surface area contributed by atoms with Gasteiger partial charge in [-0.1, -0.05) is 0 Å². The summed E-state index contributed by atoms with van der Waals surface area (Å²) in [7, 11) is 1.76. The number of aromatic nitrogens is 5. The highest BCUT2D eigenvalue weighted by atomic mass is 19.1. The van der Waals surface area contributed by atoms with Crippen LogP contribution in [0.4, 0.5) is 10.2 Å². The van der Waals surface area contributed by atoms with Gasteiger partial charge in [-0.3, -0.25) is 4.79 Å². The van der Waals surface area contributed by atoms with Crippen molar-refractivity contribution >= 4 is 17.4 Å². The number of anilines is 1. The molecule has 1 saturated heterocycles. The fourth-order valence-corrected chi connectivity index (χ4v) is 4.56. The number of nitrogens with zero attached hydrogens (tertiary/aromatic N) is 5. The van der Waals surface area contributed by atoms with Crippen molar-refractivity contribution in [3.05, 3.63) is 42.4 Å². The number of carbonyl (C=O) groups excluding carboxylic acids is 1. The Morgan fingerprint density at radius 1 is 1.32 bits per heavy atom. The molecule has 6 rings (SSSR count). The van der Waals surface area contributed by atoms with Crippen molar-refractivity contribution in [1.82, 2.24) is 29.5 Å². The number of pyridine rings is 1. The van der Waals surface area contributed by atoms with E-state index in [1.807, 2.05) is 29.0 Å². The zero-order chi connectivity index (χ0) is 23.4. The van der Waals surface area contributed by atoms with Gasteiger partial charge in [0.1, 0.15) is 23.4 Å². The third kappa shape index (κ3) is 3.39. The molecule has 1 saturated carbocycles. The Bertz CT molecular complexity index is 1350. The first kappa shape index (κ1) is 21.0. The SMILES string of the molecule is CNc1cc(-c2cnc3n(C4CCOC[C@@H]4O)cccc2-3)nc2c(C(=O)N[C@@H]3C[C@@H]3F)cnn12. The molecule has 3 aliphatic heterocycles. The van der Waals surface area contributed by atoms with Gasteiger partial charge < -0.3 is 25.0 Å². The Hall–Kier alpha value is -3.57. The van der Waals surface area contributed by atoms with Crippen LogP contribution >= 0.6 is 0 Å². The van der Waals surface area contributed by atoms with E-state index in [2.05, 4.69) is 20.7 Å². The molecule has 11 heteroatoms. The largest absolute Gasteiger partial charge is 0.389 e. The summed E-state index contributed by atoms with van der Waals surface area (Å²) in [6, 6.07) is 5.15. The summed E-state index contributed by atoms with van der Waals surface area (Å²) in [6.45, 7) is 0.875. The van der Waals surface area contributed by atoms with E-state index in [1.54, 1.807) is 17.8 Å². The van der Waals surface area contributed by atoms with Crippen LogP contribution in [-0.4, -0.2) is 73.7 Å².